The number of unbranched alkanes of at least 4 members (excludes halogenated alkanes) is 3. The fourth-order valence-corrected chi connectivity index (χ4v) is 2.79. The number of nitrogen functional groups attached to an aromatic ring is 1. The first-order valence-corrected chi connectivity index (χ1v) is 8.91. The lowest BCUT2D eigenvalue weighted by atomic mass is 10.1. The molecule has 0 spiro atoms. The van der Waals surface area contributed by atoms with Gasteiger partial charge >= 0.3 is 0 Å². The van der Waals surface area contributed by atoms with Crippen LogP contribution in [0.5, 0.6) is 5.75 Å². The van der Waals surface area contributed by atoms with E-state index in [0.29, 0.717) is 0 Å². The maximum atomic E-state index is 6.03. The first kappa shape index (κ1) is 17.1. The van der Waals surface area contributed by atoms with Gasteiger partial charge in [0.25, 0.3) is 0 Å². The normalized spacial score (nSPS) is 10.8. The molecule has 0 atom stereocenters. The highest BCUT2D eigenvalue weighted by Crippen LogP contribution is 2.28. The minimum absolute atomic E-state index is 0.740. The standard InChI is InChI=1S/C21H25N3O/c1-2-3-4-7-14-25-17-12-10-16(11-13-17)20-15-21(24-23-20)18-8-5-6-9-19(18)22/h5-6,8-13,15H,2-4,7,14,22H2,1H3,(H,23,24). The fourth-order valence-electron chi connectivity index (χ4n) is 2.79. The molecule has 1 aromatic heterocycles. The van der Waals surface area contributed by atoms with Crippen molar-refractivity contribution in [3.63, 3.8) is 0 Å². The molecule has 0 aliphatic heterocycles. The molecular formula is C21H25N3O. The van der Waals surface area contributed by atoms with Crippen molar-refractivity contribution in [2.24, 2.45) is 0 Å². The Bertz CT molecular complexity index is 793. The first-order chi connectivity index (χ1) is 12.3. The van der Waals surface area contributed by atoms with Crippen LogP contribution < -0.4 is 10.5 Å². The number of rotatable bonds is 8. The highest BCUT2D eigenvalue weighted by Gasteiger charge is 2.08. The van der Waals surface area contributed by atoms with Crippen molar-refractivity contribution in [1.29, 1.82) is 0 Å². The lowest BCUT2D eigenvalue weighted by molar-refractivity contribution is 0.305. The third-order valence-electron chi connectivity index (χ3n) is 4.25. The van der Waals surface area contributed by atoms with E-state index < -0.39 is 0 Å². The van der Waals surface area contributed by atoms with Gasteiger partial charge in [-0.2, -0.15) is 5.10 Å². The molecule has 4 heteroatoms. The monoisotopic (exact) mass is 335 g/mol. The molecule has 0 radical (unpaired) electrons. The number of ether oxygens (including phenoxy) is 1. The number of nitrogens with one attached hydrogen (secondary N) is 1. The predicted octanol–water partition coefficient (Wildman–Crippen LogP) is 5.29. The van der Waals surface area contributed by atoms with Gasteiger partial charge < -0.3 is 10.5 Å². The molecule has 0 aliphatic carbocycles. The van der Waals surface area contributed by atoms with Crippen molar-refractivity contribution in [1.82, 2.24) is 10.2 Å². The van der Waals surface area contributed by atoms with Crippen LogP contribution in [0.1, 0.15) is 32.6 Å². The van der Waals surface area contributed by atoms with Gasteiger partial charge in [0, 0.05) is 16.8 Å². The number of aromatic nitrogens is 2. The smallest absolute Gasteiger partial charge is 0.119 e. The predicted molar refractivity (Wildman–Crippen MR) is 104 cm³/mol. The molecule has 4 nitrogen and oxygen atoms in total. The van der Waals surface area contributed by atoms with E-state index in [1.54, 1.807) is 0 Å². The third-order valence-corrected chi connectivity index (χ3v) is 4.25. The van der Waals surface area contributed by atoms with Crippen molar-refractivity contribution < 1.29 is 4.74 Å². The van der Waals surface area contributed by atoms with Gasteiger partial charge in [0.1, 0.15) is 5.75 Å². The zero-order valence-corrected chi connectivity index (χ0v) is 14.7. The van der Waals surface area contributed by atoms with Gasteiger partial charge in [-0.3, -0.25) is 5.10 Å². The highest BCUT2D eigenvalue weighted by atomic mass is 16.5. The van der Waals surface area contributed by atoms with E-state index in [4.69, 9.17) is 10.5 Å². The molecule has 25 heavy (non-hydrogen) atoms. The first-order valence-electron chi connectivity index (χ1n) is 8.91. The topological polar surface area (TPSA) is 63.9 Å². The molecule has 2 aromatic carbocycles. The summed E-state index contributed by atoms with van der Waals surface area (Å²) in [5.41, 5.74) is 10.6. The summed E-state index contributed by atoms with van der Waals surface area (Å²) >= 11 is 0. The van der Waals surface area contributed by atoms with Gasteiger partial charge in [0.15, 0.2) is 0 Å². The largest absolute Gasteiger partial charge is 0.494 e. The van der Waals surface area contributed by atoms with Crippen molar-refractivity contribution >= 4 is 5.69 Å². The quantitative estimate of drug-likeness (QED) is 0.434. The summed E-state index contributed by atoms with van der Waals surface area (Å²) in [5.74, 6) is 0.906. The van der Waals surface area contributed by atoms with Gasteiger partial charge in [-0.1, -0.05) is 44.4 Å². The summed E-state index contributed by atoms with van der Waals surface area (Å²) in [6, 6.07) is 17.9. The Labute approximate surface area is 149 Å². The van der Waals surface area contributed by atoms with E-state index in [-0.39, 0.29) is 0 Å². The third kappa shape index (κ3) is 4.41. The van der Waals surface area contributed by atoms with Crippen LogP contribution in [-0.2, 0) is 0 Å². The zero-order valence-electron chi connectivity index (χ0n) is 14.7. The average molecular weight is 335 g/mol. The molecule has 0 fully saturated rings. The van der Waals surface area contributed by atoms with Crippen LogP contribution in [0.15, 0.2) is 54.6 Å². The maximum absolute atomic E-state index is 6.03. The number of hydrogen-bond donors (Lipinski definition) is 2. The van der Waals surface area contributed by atoms with E-state index >= 15 is 0 Å². The number of hydrogen-bond acceptors (Lipinski definition) is 3. The van der Waals surface area contributed by atoms with Gasteiger partial charge in [0.2, 0.25) is 0 Å². The van der Waals surface area contributed by atoms with Crippen LogP contribution in [0, 0.1) is 0 Å². The summed E-state index contributed by atoms with van der Waals surface area (Å²) in [6.45, 7) is 2.99. The second-order valence-corrected chi connectivity index (χ2v) is 6.19. The number of nitrogens with zero attached hydrogens (tertiary/aromatic N) is 1. The van der Waals surface area contributed by atoms with Crippen LogP contribution >= 0.6 is 0 Å². The minimum Gasteiger partial charge on any atom is -0.494 e. The molecule has 3 rings (SSSR count). The van der Waals surface area contributed by atoms with E-state index in [1.165, 1.54) is 19.3 Å². The second-order valence-electron chi connectivity index (χ2n) is 6.19. The summed E-state index contributed by atoms with van der Waals surface area (Å²) in [6.07, 6.45) is 4.86. The fraction of sp³-hybridized carbons (Fsp3) is 0.286. The lowest BCUT2D eigenvalue weighted by Crippen LogP contribution is -1.96. The van der Waals surface area contributed by atoms with Crippen molar-refractivity contribution in [2.45, 2.75) is 32.6 Å². The van der Waals surface area contributed by atoms with E-state index in [1.807, 2.05) is 54.6 Å². The van der Waals surface area contributed by atoms with Crippen LogP contribution in [-0.4, -0.2) is 16.8 Å². The van der Waals surface area contributed by atoms with Crippen molar-refractivity contribution in [3.05, 3.63) is 54.6 Å². The summed E-state index contributed by atoms with van der Waals surface area (Å²) in [5, 5.41) is 7.48. The molecule has 0 amide bonds. The number of aromatic amines is 1. The molecule has 0 unspecified atom stereocenters. The summed E-state index contributed by atoms with van der Waals surface area (Å²) < 4.78 is 5.79. The number of benzene rings is 2. The summed E-state index contributed by atoms with van der Waals surface area (Å²) in [4.78, 5) is 0. The zero-order chi connectivity index (χ0) is 17.5. The Morgan fingerprint density at radius 1 is 1.00 bits per heavy atom. The van der Waals surface area contributed by atoms with E-state index in [0.717, 1.165) is 47.0 Å². The minimum atomic E-state index is 0.740. The molecular weight excluding hydrogens is 310 g/mol. The average Bonchev–Trinajstić information content (AvgIpc) is 3.12. The number of para-hydroxylation sites is 1. The Hall–Kier alpha value is -2.75. The molecule has 0 saturated heterocycles. The van der Waals surface area contributed by atoms with Crippen LogP contribution in [0.25, 0.3) is 22.5 Å². The van der Waals surface area contributed by atoms with Crippen molar-refractivity contribution in [2.75, 3.05) is 12.3 Å². The van der Waals surface area contributed by atoms with E-state index in [9.17, 15) is 0 Å². The van der Waals surface area contributed by atoms with Gasteiger partial charge in [-0.25, -0.2) is 0 Å². The molecule has 3 N–H and O–H groups in total. The van der Waals surface area contributed by atoms with Crippen LogP contribution in [0.4, 0.5) is 5.69 Å². The number of anilines is 1. The summed E-state index contributed by atoms with van der Waals surface area (Å²) in [7, 11) is 0. The Balaban J connectivity index is 1.64. The number of nitrogens with two attached hydrogens (primary N) is 1. The molecule has 130 valence electrons. The Morgan fingerprint density at radius 2 is 1.80 bits per heavy atom. The Kier molecular flexibility index (Phi) is 5.73. The molecule has 0 aliphatic rings. The van der Waals surface area contributed by atoms with Crippen LogP contribution in [0.2, 0.25) is 0 Å². The molecule has 1 heterocycles. The van der Waals surface area contributed by atoms with Gasteiger partial charge in [-0.05, 0) is 42.8 Å². The van der Waals surface area contributed by atoms with Gasteiger partial charge in [0.05, 0.1) is 18.0 Å². The molecule has 0 saturated carbocycles. The molecule has 0 bridgehead atoms. The van der Waals surface area contributed by atoms with E-state index in [2.05, 4.69) is 17.1 Å². The van der Waals surface area contributed by atoms with Crippen LogP contribution in [0.3, 0.4) is 0 Å². The van der Waals surface area contributed by atoms with Gasteiger partial charge in [-0.15, -0.1) is 0 Å². The lowest BCUT2D eigenvalue weighted by Gasteiger charge is -2.06. The number of H-pyrrole nitrogens is 1. The Morgan fingerprint density at radius 3 is 2.56 bits per heavy atom. The second kappa shape index (κ2) is 8.38. The van der Waals surface area contributed by atoms with Crippen molar-refractivity contribution in [3.8, 4) is 28.3 Å². The SMILES string of the molecule is CCCCCCOc1ccc(-c2cc(-c3ccccc3N)[nH]n2)cc1. The maximum Gasteiger partial charge on any atom is 0.119 e. The molecule has 3 aromatic rings. The highest BCUT2D eigenvalue weighted by molar-refractivity contribution is 5.76.